The van der Waals surface area contributed by atoms with Gasteiger partial charge in [0, 0.05) is 24.8 Å². The molecular weight excluding hydrogens is 369 g/mol. The number of anilines is 1. The molecule has 0 radical (unpaired) electrons. The Morgan fingerprint density at radius 1 is 1.03 bits per heavy atom. The van der Waals surface area contributed by atoms with Crippen LogP contribution in [-0.2, 0) is 13.0 Å². The number of rotatable bonds is 3. The van der Waals surface area contributed by atoms with Gasteiger partial charge in [-0.3, -0.25) is 4.79 Å². The maximum Gasteiger partial charge on any atom is 0.276 e. The lowest BCUT2D eigenvalue weighted by Crippen LogP contribution is -2.13. The van der Waals surface area contributed by atoms with E-state index in [1.54, 1.807) is 29.1 Å². The molecule has 1 N–H and O–H groups in total. The van der Waals surface area contributed by atoms with Crippen LogP contribution in [0.3, 0.4) is 0 Å². The van der Waals surface area contributed by atoms with Gasteiger partial charge < -0.3 is 9.88 Å². The summed E-state index contributed by atoms with van der Waals surface area (Å²) in [7, 11) is 0. The summed E-state index contributed by atoms with van der Waals surface area (Å²) in [6.07, 6.45) is 6.26. The molecular formula is C22H20FN5O. The van der Waals surface area contributed by atoms with Crippen molar-refractivity contribution in [3.05, 3.63) is 72.1 Å². The molecule has 4 aromatic rings. The molecule has 1 amide bonds. The van der Waals surface area contributed by atoms with Crippen LogP contribution in [-0.4, -0.2) is 25.2 Å². The van der Waals surface area contributed by atoms with Gasteiger partial charge >= 0.3 is 0 Å². The van der Waals surface area contributed by atoms with Gasteiger partial charge in [-0.25, -0.2) is 14.1 Å². The van der Waals surface area contributed by atoms with Crippen molar-refractivity contribution >= 4 is 22.6 Å². The number of halogens is 1. The van der Waals surface area contributed by atoms with Crippen LogP contribution in [0.1, 0.15) is 35.6 Å². The van der Waals surface area contributed by atoms with Gasteiger partial charge in [-0.15, -0.1) is 0 Å². The van der Waals surface area contributed by atoms with Crippen molar-refractivity contribution in [2.75, 3.05) is 5.32 Å². The molecule has 7 heteroatoms. The zero-order valence-electron chi connectivity index (χ0n) is 15.8. The number of aromatic nitrogens is 4. The van der Waals surface area contributed by atoms with Crippen molar-refractivity contribution in [1.82, 2.24) is 19.3 Å². The molecule has 0 fully saturated rings. The third-order valence-corrected chi connectivity index (χ3v) is 5.28. The molecule has 0 saturated carbocycles. The molecule has 0 saturated heterocycles. The Morgan fingerprint density at radius 2 is 1.90 bits per heavy atom. The SMILES string of the molecule is O=C(Nc1ccc2c(c1)nc1n2CCCCC1)c1ccn(-c2ccc(F)cc2)n1. The predicted molar refractivity (Wildman–Crippen MR) is 109 cm³/mol. The van der Waals surface area contributed by atoms with E-state index in [1.807, 2.05) is 18.2 Å². The topological polar surface area (TPSA) is 64.7 Å². The second-order valence-electron chi connectivity index (χ2n) is 7.27. The predicted octanol–water partition coefficient (Wildman–Crippen LogP) is 4.34. The van der Waals surface area contributed by atoms with Crippen molar-refractivity contribution < 1.29 is 9.18 Å². The van der Waals surface area contributed by atoms with Crippen molar-refractivity contribution in [3.63, 3.8) is 0 Å². The molecule has 5 rings (SSSR count). The monoisotopic (exact) mass is 389 g/mol. The van der Waals surface area contributed by atoms with Gasteiger partial charge in [-0.1, -0.05) is 6.42 Å². The number of nitrogens with zero attached hydrogens (tertiary/aromatic N) is 4. The summed E-state index contributed by atoms with van der Waals surface area (Å²) in [5.41, 5.74) is 3.67. The van der Waals surface area contributed by atoms with Gasteiger partial charge in [0.2, 0.25) is 0 Å². The second-order valence-corrected chi connectivity index (χ2v) is 7.27. The Hall–Kier alpha value is -3.48. The summed E-state index contributed by atoms with van der Waals surface area (Å²) in [5.74, 6) is 0.510. The van der Waals surface area contributed by atoms with E-state index in [0.29, 0.717) is 11.4 Å². The zero-order chi connectivity index (χ0) is 19.8. The van der Waals surface area contributed by atoms with E-state index in [0.717, 1.165) is 29.8 Å². The number of hydrogen-bond acceptors (Lipinski definition) is 3. The third-order valence-electron chi connectivity index (χ3n) is 5.28. The van der Waals surface area contributed by atoms with E-state index in [4.69, 9.17) is 4.98 Å². The quantitative estimate of drug-likeness (QED) is 0.567. The van der Waals surface area contributed by atoms with E-state index in [-0.39, 0.29) is 17.4 Å². The van der Waals surface area contributed by atoms with Crippen LogP contribution in [0.25, 0.3) is 16.7 Å². The largest absolute Gasteiger partial charge is 0.328 e. The van der Waals surface area contributed by atoms with Crippen molar-refractivity contribution in [2.24, 2.45) is 0 Å². The van der Waals surface area contributed by atoms with Gasteiger partial charge in [0.25, 0.3) is 5.91 Å². The molecule has 0 atom stereocenters. The number of aryl methyl sites for hydroxylation is 2. The van der Waals surface area contributed by atoms with Crippen molar-refractivity contribution in [2.45, 2.75) is 32.2 Å². The first kappa shape index (κ1) is 17.6. The highest BCUT2D eigenvalue weighted by Gasteiger charge is 2.15. The number of amides is 1. The van der Waals surface area contributed by atoms with Crippen molar-refractivity contribution in [3.8, 4) is 5.69 Å². The fourth-order valence-corrected chi connectivity index (χ4v) is 3.81. The van der Waals surface area contributed by atoms with E-state index in [1.165, 1.54) is 31.4 Å². The summed E-state index contributed by atoms with van der Waals surface area (Å²) in [5, 5.41) is 7.19. The molecule has 6 nitrogen and oxygen atoms in total. The zero-order valence-corrected chi connectivity index (χ0v) is 15.8. The smallest absolute Gasteiger partial charge is 0.276 e. The normalized spacial score (nSPS) is 13.8. The lowest BCUT2D eigenvalue weighted by Gasteiger charge is -2.06. The van der Waals surface area contributed by atoms with Gasteiger partial charge in [0.15, 0.2) is 5.69 Å². The van der Waals surface area contributed by atoms with Gasteiger partial charge in [0.1, 0.15) is 11.6 Å². The molecule has 29 heavy (non-hydrogen) atoms. The number of carbonyl (C=O) groups is 1. The molecule has 0 aliphatic carbocycles. The highest BCUT2D eigenvalue weighted by molar-refractivity contribution is 6.03. The molecule has 0 spiro atoms. The first-order chi connectivity index (χ1) is 14.2. The van der Waals surface area contributed by atoms with Gasteiger partial charge in [-0.2, -0.15) is 5.10 Å². The maximum absolute atomic E-state index is 13.1. The van der Waals surface area contributed by atoms with Crippen LogP contribution in [0.15, 0.2) is 54.7 Å². The highest BCUT2D eigenvalue weighted by atomic mass is 19.1. The Kier molecular flexibility index (Phi) is 4.35. The lowest BCUT2D eigenvalue weighted by molar-refractivity contribution is 0.102. The summed E-state index contributed by atoms with van der Waals surface area (Å²) in [6.45, 7) is 0.998. The van der Waals surface area contributed by atoms with E-state index < -0.39 is 0 Å². The van der Waals surface area contributed by atoms with Crippen LogP contribution < -0.4 is 5.32 Å². The van der Waals surface area contributed by atoms with Crippen LogP contribution in [0.5, 0.6) is 0 Å². The molecule has 1 aliphatic rings. The first-order valence-electron chi connectivity index (χ1n) is 9.79. The number of benzene rings is 2. The summed E-state index contributed by atoms with van der Waals surface area (Å²) in [4.78, 5) is 17.4. The number of carbonyl (C=O) groups excluding carboxylic acids is 1. The molecule has 146 valence electrons. The number of imidazole rings is 1. The fourth-order valence-electron chi connectivity index (χ4n) is 3.81. The molecule has 2 aromatic carbocycles. The summed E-state index contributed by atoms with van der Waals surface area (Å²) < 4.78 is 16.9. The minimum Gasteiger partial charge on any atom is -0.328 e. The Balaban J connectivity index is 1.37. The second kappa shape index (κ2) is 7.16. The molecule has 1 aliphatic heterocycles. The van der Waals surface area contributed by atoms with Crippen molar-refractivity contribution in [1.29, 1.82) is 0 Å². The molecule has 2 aromatic heterocycles. The summed E-state index contributed by atoms with van der Waals surface area (Å²) in [6, 6.07) is 13.4. The van der Waals surface area contributed by atoms with E-state index in [2.05, 4.69) is 15.0 Å². The Bertz CT molecular complexity index is 1190. The fraction of sp³-hybridized carbons (Fsp3) is 0.227. The van der Waals surface area contributed by atoms with Crippen LogP contribution in [0, 0.1) is 5.82 Å². The number of fused-ring (bicyclic) bond motifs is 3. The number of hydrogen-bond donors (Lipinski definition) is 1. The number of nitrogens with one attached hydrogen (secondary N) is 1. The highest BCUT2D eigenvalue weighted by Crippen LogP contribution is 2.24. The molecule has 0 bridgehead atoms. The van der Waals surface area contributed by atoms with E-state index in [9.17, 15) is 9.18 Å². The third kappa shape index (κ3) is 3.40. The van der Waals surface area contributed by atoms with Crippen LogP contribution >= 0.6 is 0 Å². The standard InChI is InChI=1S/C22H20FN5O/c23-15-5-8-17(9-6-15)28-13-11-18(26-28)22(29)24-16-7-10-20-19(14-16)25-21-4-2-1-3-12-27(20)21/h5-11,13-14H,1-4,12H2,(H,24,29). The summed E-state index contributed by atoms with van der Waals surface area (Å²) >= 11 is 0. The minimum atomic E-state index is -0.314. The lowest BCUT2D eigenvalue weighted by atomic mass is 10.2. The van der Waals surface area contributed by atoms with Gasteiger partial charge in [0.05, 0.1) is 16.7 Å². The Labute approximate surface area is 167 Å². The maximum atomic E-state index is 13.1. The minimum absolute atomic E-state index is 0.287. The van der Waals surface area contributed by atoms with Gasteiger partial charge in [-0.05, 0) is 61.4 Å². The Morgan fingerprint density at radius 3 is 2.76 bits per heavy atom. The van der Waals surface area contributed by atoms with Crippen LogP contribution in [0.2, 0.25) is 0 Å². The van der Waals surface area contributed by atoms with E-state index >= 15 is 0 Å². The molecule has 3 heterocycles. The average molecular weight is 389 g/mol. The average Bonchev–Trinajstić information content (AvgIpc) is 3.27. The van der Waals surface area contributed by atoms with Crippen LogP contribution in [0.4, 0.5) is 10.1 Å². The first-order valence-corrected chi connectivity index (χ1v) is 9.79. The molecule has 0 unspecified atom stereocenters.